The molecule has 1 N–H and O–H groups in total. The first kappa shape index (κ1) is 14.2. The van der Waals surface area contributed by atoms with Crippen LogP contribution in [0, 0.1) is 0 Å². The first-order valence-corrected chi connectivity index (χ1v) is 6.62. The topological polar surface area (TPSA) is 50.7 Å². The summed E-state index contributed by atoms with van der Waals surface area (Å²) in [6, 6.07) is 0. The van der Waals surface area contributed by atoms with Crippen molar-refractivity contribution in [3.63, 3.8) is 0 Å². The fourth-order valence-corrected chi connectivity index (χ4v) is 2.06. The largest absolute Gasteiger partial charge is 0.348 e. The van der Waals surface area contributed by atoms with Gasteiger partial charge in [0.05, 0.1) is 11.4 Å². The normalized spacial score (nSPS) is 11.6. The minimum absolute atomic E-state index is 0.109. The van der Waals surface area contributed by atoms with Crippen LogP contribution < -0.4 is 5.32 Å². The zero-order valence-electron chi connectivity index (χ0n) is 11.0. The van der Waals surface area contributed by atoms with E-state index in [4.69, 9.17) is 11.6 Å². The van der Waals surface area contributed by atoms with Gasteiger partial charge in [-0.05, 0) is 33.1 Å². The molecule has 0 aromatic carbocycles. The van der Waals surface area contributed by atoms with Gasteiger partial charge in [-0.1, -0.05) is 13.8 Å². The summed E-state index contributed by atoms with van der Waals surface area (Å²) >= 11 is 5.76. The Morgan fingerprint density at radius 1 is 1.12 bits per heavy atom. The standard InChI is InChI=1S/C12H21ClN4/c1-5-9-10(6-2)16-17-11(14-9)15-12(3,4)7-8-13/h5-8H2,1-4H3,(H,14,15,17). The van der Waals surface area contributed by atoms with E-state index in [-0.39, 0.29) is 5.54 Å². The van der Waals surface area contributed by atoms with Crippen LogP contribution in [0.5, 0.6) is 0 Å². The van der Waals surface area contributed by atoms with Crippen LogP contribution in [-0.4, -0.2) is 26.6 Å². The molecule has 17 heavy (non-hydrogen) atoms. The Morgan fingerprint density at radius 2 is 1.76 bits per heavy atom. The highest BCUT2D eigenvalue weighted by atomic mass is 35.5. The van der Waals surface area contributed by atoms with E-state index < -0.39 is 0 Å². The molecule has 5 heteroatoms. The Kier molecular flexibility index (Phi) is 5.12. The number of rotatable bonds is 6. The summed E-state index contributed by atoms with van der Waals surface area (Å²) in [7, 11) is 0. The van der Waals surface area contributed by atoms with Crippen LogP contribution in [0.25, 0.3) is 0 Å². The molecule has 96 valence electrons. The summed E-state index contributed by atoms with van der Waals surface area (Å²) < 4.78 is 0. The molecule has 1 aromatic rings. The second-order valence-corrected chi connectivity index (χ2v) is 5.06. The van der Waals surface area contributed by atoms with E-state index >= 15 is 0 Å². The van der Waals surface area contributed by atoms with Crippen LogP contribution >= 0.6 is 11.6 Å². The van der Waals surface area contributed by atoms with E-state index in [2.05, 4.69) is 48.2 Å². The lowest BCUT2D eigenvalue weighted by molar-refractivity contribution is 0.542. The Hall–Kier alpha value is -0.900. The maximum absolute atomic E-state index is 5.76. The molecule has 0 amide bonds. The molecule has 0 aliphatic rings. The highest BCUT2D eigenvalue weighted by Crippen LogP contribution is 2.16. The SMILES string of the molecule is CCc1nnc(NC(C)(C)CCCl)nc1CC. The van der Waals surface area contributed by atoms with Crippen molar-refractivity contribution < 1.29 is 0 Å². The molecule has 0 fully saturated rings. The van der Waals surface area contributed by atoms with Gasteiger partial charge in [0.25, 0.3) is 0 Å². The smallest absolute Gasteiger partial charge is 0.243 e. The third kappa shape index (κ3) is 4.11. The predicted molar refractivity (Wildman–Crippen MR) is 71.6 cm³/mol. The Morgan fingerprint density at radius 3 is 2.29 bits per heavy atom. The molecule has 0 aliphatic heterocycles. The number of alkyl halides is 1. The van der Waals surface area contributed by atoms with Crippen LogP contribution in [0.3, 0.4) is 0 Å². The zero-order valence-corrected chi connectivity index (χ0v) is 11.8. The maximum Gasteiger partial charge on any atom is 0.243 e. The maximum atomic E-state index is 5.76. The van der Waals surface area contributed by atoms with Crippen molar-refractivity contribution in [2.24, 2.45) is 0 Å². The third-order valence-corrected chi connectivity index (χ3v) is 2.87. The molecule has 4 nitrogen and oxygen atoms in total. The highest BCUT2D eigenvalue weighted by Gasteiger charge is 2.18. The fraction of sp³-hybridized carbons (Fsp3) is 0.750. The summed E-state index contributed by atoms with van der Waals surface area (Å²) in [5.74, 6) is 1.20. The van der Waals surface area contributed by atoms with Gasteiger partial charge in [-0.25, -0.2) is 4.98 Å². The summed E-state index contributed by atoms with van der Waals surface area (Å²) in [6.07, 6.45) is 2.60. The number of halogens is 1. The van der Waals surface area contributed by atoms with Crippen molar-refractivity contribution in [2.45, 2.75) is 52.5 Å². The third-order valence-electron chi connectivity index (χ3n) is 2.68. The molecule has 0 spiro atoms. The molecular weight excluding hydrogens is 236 g/mol. The van der Waals surface area contributed by atoms with Gasteiger partial charge in [-0.15, -0.1) is 16.7 Å². The number of aryl methyl sites for hydroxylation is 2. The summed E-state index contributed by atoms with van der Waals surface area (Å²) in [5.41, 5.74) is 1.89. The molecule has 0 radical (unpaired) electrons. The number of hydrogen-bond acceptors (Lipinski definition) is 4. The van der Waals surface area contributed by atoms with Crippen molar-refractivity contribution in [3.8, 4) is 0 Å². The molecule has 0 saturated heterocycles. The van der Waals surface area contributed by atoms with Crippen LogP contribution in [0.4, 0.5) is 5.95 Å². The van der Waals surface area contributed by atoms with E-state index in [1.807, 2.05) is 0 Å². The van der Waals surface area contributed by atoms with E-state index in [0.717, 1.165) is 30.7 Å². The molecule has 0 saturated carbocycles. The highest BCUT2D eigenvalue weighted by molar-refractivity contribution is 6.17. The lowest BCUT2D eigenvalue weighted by Gasteiger charge is -2.25. The number of aromatic nitrogens is 3. The predicted octanol–water partition coefficient (Wildman–Crippen LogP) is 2.82. The Bertz CT molecular complexity index is 366. The van der Waals surface area contributed by atoms with Gasteiger partial charge in [0.15, 0.2) is 0 Å². The van der Waals surface area contributed by atoms with Crippen molar-refractivity contribution in [2.75, 3.05) is 11.2 Å². The average Bonchev–Trinajstić information content (AvgIpc) is 2.28. The van der Waals surface area contributed by atoms with Gasteiger partial charge >= 0.3 is 0 Å². The van der Waals surface area contributed by atoms with Crippen LogP contribution in [-0.2, 0) is 12.8 Å². The van der Waals surface area contributed by atoms with Crippen LogP contribution in [0.15, 0.2) is 0 Å². The summed E-state index contributed by atoms with van der Waals surface area (Å²) in [5, 5.41) is 11.6. The Labute approximate surface area is 108 Å². The number of nitrogens with zero attached hydrogens (tertiary/aromatic N) is 3. The van der Waals surface area contributed by atoms with Crippen molar-refractivity contribution in [1.29, 1.82) is 0 Å². The monoisotopic (exact) mass is 256 g/mol. The van der Waals surface area contributed by atoms with Crippen molar-refractivity contribution >= 4 is 17.5 Å². The summed E-state index contributed by atoms with van der Waals surface area (Å²) in [4.78, 5) is 4.50. The van der Waals surface area contributed by atoms with Crippen LogP contribution in [0.1, 0.15) is 45.5 Å². The van der Waals surface area contributed by atoms with Gasteiger partial charge in [-0.2, -0.15) is 5.10 Å². The minimum Gasteiger partial charge on any atom is -0.348 e. The second-order valence-electron chi connectivity index (χ2n) is 4.68. The molecular formula is C12H21ClN4. The number of anilines is 1. The molecule has 1 aromatic heterocycles. The van der Waals surface area contributed by atoms with Gasteiger partial charge in [0.1, 0.15) is 0 Å². The fourth-order valence-electron chi connectivity index (χ4n) is 1.59. The van der Waals surface area contributed by atoms with Gasteiger partial charge < -0.3 is 5.32 Å². The average molecular weight is 257 g/mol. The molecule has 0 unspecified atom stereocenters. The first-order valence-electron chi connectivity index (χ1n) is 6.09. The lowest BCUT2D eigenvalue weighted by atomic mass is 10.0. The van der Waals surface area contributed by atoms with Gasteiger partial charge in [-0.3, -0.25) is 0 Å². The quantitative estimate of drug-likeness (QED) is 0.796. The number of hydrogen-bond donors (Lipinski definition) is 1. The van der Waals surface area contributed by atoms with E-state index in [0.29, 0.717) is 11.8 Å². The van der Waals surface area contributed by atoms with Crippen LogP contribution in [0.2, 0.25) is 0 Å². The van der Waals surface area contributed by atoms with Crippen molar-refractivity contribution in [3.05, 3.63) is 11.4 Å². The lowest BCUT2D eigenvalue weighted by Crippen LogP contribution is -2.32. The summed E-state index contributed by atoms with van der Waals surface area (Å²) in [6.45, 7) is 8.31. The van der Waals surface area contributed by atoms with Gasteiger partial charge in [0.2, 0.25) is 5.95 Å². The minimum atomic E-state index is -0.109. The molecule has 0 bridgehead atoms. The molecule has 0 aliphatic carbocycles. The van der Waals surface area contributed by atoms with E-state index in [9.17, 15) is 0 Å². The second kappa shape index (κ2) is 6.15. The first-order chi connectivity index (χ1) is 8.02. The number of nitrogens with one attached hydrogen (secondary N) is 1. The van der Waals surface area contributed by atoms with Gasteiger partial charge in [0, 0.05) is 11.4 Å². The van der Waals surface area contributed by atoms with E-state index in [1.165, 1.54) is 0 Å². The van der Waals surface area contributed by atoms with E-state index in [1.54, 1.807) is 0 Å². The molecule has 1 rings (SSSR count). The van der Waals surface area contributed by atoms with Crippen molar-refractivity contribution in [1.82, 2.24) is 15.2 Å². The molecule has 1 heterocycles. The molecule has 0 atom stereocenters. The zero-order chi connectivity index (χ0) is 12.9. The Balaban J connectivity index is 2.85.